The lowest BCUT2D eigenvalue weighted by atomic mass is 10.1. The molecule has 0 aliphatic heterocycles. The molecule has 2 aromatic rings. The Morgan fingerprint density at radius 2 is 1.17 bits per heavy atom. The Labute approximate surface area is 187 Å². The number of ether oxygens (including phenoxy) is 2. The fraction of sp³-hybridized carbons (Fsp3) is 0.680. The van der Waals surface area contributed by atoms with Crippen molar-refractivity contribution in [3.8, 4) is 21.5 Å². The van der Waals surface area contributed by atoms with Crippen LogP contribution in [0.2, 0.25) is 0 Å². The summed E-state index contributed by atoms with van der Waals surface area (Å²) >= 11 is 1.51. The minimum Gasteiger partial charge on any atom is -0.494 e. The van der Waals surface area contributed by atoms with Crippen LogP contribution in [0.15, 0.2) is 24.3 Å². The second-order valence-corrected chi connectivity index (χ2v) is 8.92. The maximum Gasteiger partial charge on any atom is 0.294 e. The summed E-state index contributed by atoms with van der Waals surface area (Å²) in [6.07, 6.45) is 16.7. The smallest absolute Gasteiger partial charge is 0.294 e. The standard InChI is InChI=1S/C25H40N2O2S/c1-3-5-7-9-11-13-14-20-28-23-18-16-22(17-19-23)24-26-27-25(30-24)29-21-15-12-10-8-6-4-2/h16-19H,3-15,20-21H2,1-2H3. The summed E-state index contributed by atoms with van der Waals surface area (Å²) in [5.41, 5.74) is 1.06. The summed E-state index contributed by atoms with van der Waals surface area (Å²) in [7, 11) is 0. The summed E-state index contributed by atoms with van der Waals surface area (Å²) in [4.78, 5) is 0. The average Bonchev–Trinajstić information content (AvgIpc) is 3.24. The van der Waals surface area contributed by atoms with E-state index in [-0.39, 0.29) is 0 Å². The van der Waals surface area contributed by atoms with Crippen LogP contribution in [0, 0.1) is 0 Å². The number of unbranched alkanes of at least 4 members (excludes halogenated alkanes) is 11. The first-order chi connectivity index (χ1) is 14.8. The molecule has 0 atom stereocenters. The lowest BCUT2D eigenvalue weighted by Gasteiger charge is -2.06. The zero-order valence-corrected chi connectivity index (χ0v) is 19.9. The van der Waals surface area contributed by atoms with Crippen LogP contribution in [0.3, 0.4) is 0 Å². The third-order valence-electron chi connectivity index (χ3n) is 5.25. The maximum atomic E-state index is 5.87. The molecule has 30 heavy (non-hydrogen) atoms. The summed E-state index contributed by atoms with van der Waals surface area (Å²) in [5, 5.41) is 10.0. The minimum atomic E-state index is 0.665. The van der Waals surface area contributed by atoms with E-state index in [0.717, 1.165) is 42.4 Å². The Bertz CT molecular complexity index is 657. The molecule has 1 heterocycles. The van der Waals surface area contributed by atoms with Crippen molar-refractivity contribution in [3.63, 3.8) is 0 Å². The van der Waals surface area contributed by atoms with Crippen molar-refractivity contribution in [1.29, 1.82) is 0 Å². The second-order valence-electron chi connectivity index (χ2n) is 7.98. The molecule has 0 saturated carbocycles. The molecule has 0 saturated heterocycles. The van der Waals surface area contributed by atoms with Gasteiger partial charge in [0.05, 0.1) is 13.2 Å². The van der Waals surface area contributed by atoms with E-state index in [4.69, 9.17) is 9.47 Å². The summed E-state index contributed by atoms with van der Waals surface area (Å²) in [6, 6.07) is 8.15. The molecule has 0 unspecified atom stereocenters. The van der Waals surface area contributed by atoms with Gasteiger partial charge >= 0.3 is 0 Å². The SMILES string of the molecule is CCCCCCCCCOc1ccc(-c2nnc(OCCCCCCCC)s2)cc1. The molecular weight excluding hydrogens is 392 g/mol. The van der Waals surface area contributed by atoms with Crippen molar-refractivity contribution in [2.45, 2.75) is 97.3 Å². The molecule has 0 spiro atoms. The van der Waals surface area contributed by atoms with E-state index in [1.165, 1.54) is 82.0 Å². The van der Waals surface area contributed by atoms with E-state index in [1.54, 1.807) is 0 Å². The van der Waals surface area contributed by atoms with Gasteiger partial charge in [-0.25, -0.2) is 0 Å². The first-order valence-electron chi connectivity index (χ1n) is 12.0. The molecule has 0 amide bonds. The highest BCUT2D eigenvalue weighted by atomic mass is 32.1. The highest BCUT2D eigenvalue weighted by molar-refractivity contribution is 7.16. The van der Waals surface area contributed by atoms with E-state index >= 15 is 0 Å². The van der Waals surface area contributed by atoms with Crippen LogP contribution < -0.4 is 9.47 Å². The quantitative estimate of drug-likeness (QED) is 0.223. The third kappa shape index (κ3) is 10.4. The zero-order chi connectivity index (χ0) is 21.3. The normalized spacial score (nSPS) is 11.0. The number of benzene rings is 1. The molecule has 0 fully saturated rings. The van der Waals surface area contributed by atoms with Gasteiger partial charge in [0.15, 0.2) is 5.01 Å². The Kier molecular flexibility index (Phi) is 13.2. The number of aromatic nitrogens is 2. The van der Waals surface area contributed by atoms with Crippen LogP contribution in [-0.4, -0.2) is 23.4 Å². The van der Waals surface area contributed by atoms with Gasteiger partial charge in [0.1, 0.15) is 5.75 Å². The molecule has 0 radical (unpaired) electrons. The molecule has 1 aromatic carbocycles. The van der Waals surface area contributed by atoms with E-state index < -0.39 is 0 Å². The van der Waals surface area contributed by atoms with Gasteiger partial charge in [-0.3, -0.25) is 0 Å². The summed E-state index contributed by atoms with van der Waals surface area (Å²) in [6.45, 7) is 6.02. The van der Waals surface area contributed by atoms with Crippen molar-refractivity contribution in [3.05, 3.63) is 24.3 Å². The Morgan fingerprint density at radius 1 is 0.633 bits per heavy atom. The van der Waals surface area contributed by atoms with Crippen LogP contribution in [-0.2, 0) is 0 Å². The molecular formula is C25H40N2O2S. The predicted molar refractivity (Wildman–Crippen MR) is 128 cm³/mol. The van der Waals surface area contributed by atoms with Gasteiger partial charge in [-0.1, -0.05) is 101 Å². The first kappa shape index (κ1) is 24.6. The van der Waals surface area contributed by atoms with Crippen molar-refractivity contribution in [1.82, 2.24) is 10.2 Å². The fourth-order valence-corrected chi connectivity index (χ4v) is 4.09. The first-order valence-corrected chi connectivity index (χ1v) is 12.8. The third-order valence-corrected chi connectivity index (χ3v) is 6.13. The molecule has 2 rings (SSSR count). The molecule has 168 valence electrons. The van der Waals surface area contributed by atoms with E-state index in [1.807, 2.05) is 12.1 Å². The van der Waals surface area contributed by atoms with Crippen molar-refractivity contribution in [2.24, 2.45) is 0 Å². The Balaban J connectivity index is 1.61. The van der Waals surface area contributed by atoms with Gasteiger partial charge in [0, 0.05) is 5.56 Å². The van der Waals surface area contributed by atoms with Gasteiger partial charge in [-0.15, -0.1) is 5.10 Å². The van der Waals surface area contributed by atoms with Gasteiger partial charge in [-0.05, 0) is 37.1 Å². The molecule has 0 aliphatic carbocycles. The van der Waals surface area contributed by atoms with Gasteiger partial charge in [0.2, 0.25) is 0 Å². The van der Waals surface area contributed by atoms with Crippen LogP contribution >= 0.6 is 11.3 Å². The Hall–Kier alpha value is -1.62. The maximum absolute atomic E-state index is 5.87. The Morgan fingerprint density at radius 3 is 1.77 bits per heavy atom. The molecule has 0 N–H and O–H groups in total. The lowest BCUT2D eigenvalue weighted by Crippen LogP contribution is -1.97. The van der Waals surface area contributed by atoms with Crippen LogP contribution in [0.5, 0.6) is 10.9 Å². The zero-order valence-electron chi connectivity index (χ0n) is 19.0. The average molecular weight is 433 g/mol. The van der Waals surface area contributed by atoms with Crippen LogP contribution in [0.1, 0.15) is 97.3 Å². The molecule has 1 aromatic heterocycles. The van der Waals surface area contributed by atoms with Gasteiger partial charge < -0.3 is 9.47 Å². The van der Waals surface area contributed by atoms with Crippen LogP contribution in [0.25, 0.3) is 10.6 Å². The molecule has 0 aliphatic rings. The topological polar surface area (TPSA) is 44.2 Å². The minimum absolute atomic E-state index is 0.665. The number of rotatable bonds is 18. The number of nitrogens with zero attached hydrogens (tertiary/aromatic N) is 2. The van der Waals surface area contributed by atoms with Gasteiger partial charge in [0.25, 0.3) is 5.19 Å². The molecule has 5 heteroatoms. The van der Waals surface area contributed by atoms with E-state index in [9.17, 15) is 0 Å². The fourth-order valence-electron chi connectivity index (χ4n) is 3.37. The van der Waals surface area contributed by atoms with Crippen molar-refractivity contribution in [2.75, 3.05) is 13.2 Å². The lowest BCUT2D eigenvalue weighted by molar-refractivity contribution is 0.300. The highest BCUT2D eigenvalue weighted by Crippen LogP contribution is 2.29. The van der Waals surface area contributed by atoms with Crippen LogP contribution in [0.4, 0.5) is 0 Å². The predicted octanol–water partition coefficient (Wildman–Crippen LogP) is 8.07. The largest absolute Gasteiger partial charge is 0.494 e. The molecule has 0 bridgehead atoms. The van der Waals surface area contributed by atoms with Crippen molar-refractivity contribution < 1.29 is 9.47 Å². The van der Waals surface area contributed by atoms with Crippen molar-refractivity contribution >= 4 is 11.3 Å². The van der Waals surface area contributed by atoms with Gasteiger partial charge in [-0.2, -0.15) is 0 Å². The summed E-state index contributed by atoms with van der Waals surface area (Å²) in [5.74, 6) is 0.925. The number of hydrogen-bond donors (Lipinski definition) is 0. The summed E-state index contributed by atoms with van der Waals surface area (Å²) < 4.78 is 11.6. The number of hydrogen-bond acceptors (Lipinski definition) is 5. The molecule has 4 nitrogen and oxygen atoms in total. The highest BCUT2D eigenvalue weighted by Gasteiger charge is 2.08. The monoisotopic (exact) mass is 432 g/mol. The second kappa shape index (κ2) is 16.1. The van der Waals surface area contributed by atoms with E-state index in [2.05, 4.69) is 36.2 Å². The van der Waals surface area contributed by atoms with E-state index in [0.29, 0.717) is 5.19 Å².